The Morgan fingerprint density at radius 3 is 2.28 bits per heavy atom. The average molecular weight is 424 g/mol. The van der Waals surface area contributed by atoms with Gasteiger partial charge in [-0.05, 0) is 68.3 Å². The molecule has 3 saturated heterocycles. The minimum absolute atomic E-state index is 0. The van der Waals surface area contributed by atoms with E-state index >= 15 is 0 Å². The van der Waals surface area contributed by atoms with Crippen LogP contribution >= 0.6 is 12.4 Å². The van der Waals surface area contributed by atoms with Crippen molar-refractivity contribution in [2.45, 2.75) is 32.1 Å². The number of likely N-dealkylation sites (tertiary alicyclic amines) is 2. The van der Waals surface area contributed by atoms with Gasteiger partial charge in [0.15, 0.2) is 0 Å². The Morgan fingerprint density at radius 1 is 0.966 bits per heavy atom. The van der Waals surface area contributed by atoms with Gasteiger partial charge in [0.2, 0.25) is 11.8 Å². The summed E-state index contributed by atoms with van der Waals surface area (Å²) >= 11 is 0. The van der Waals surface area contributed by atoms with Crippen molar-refractivity contribution in [3.63, 3.8) is 0 Å². The molecule has 1 N–H and O–H groups in total. The SMILES string of the molecule is Cl.O=C(Cc1ccc(F)cc1)N1CCCC(C(=O)N2CC[C@@H]3CNC[C@@H]3CC2)C1. The van der Waals surface area contributed by atoms with Gasteiger partial charge in [-0.2, -0.15) is 0 Å². The van der Waals surface area contributed by atoms with Crippen LogP contribution in [0.15, 0.2) is 24.3 Å². The molecule has 3 heterocycles. The molecule has 0 saturated carbocycles. The summed E-state index contributed by atoms with van der Waals surface area (Å²) in [6, 6.07) is 6.08. The molecule has 5 nitrogen and oxygen atoms in total. The van der Waals surface area contributed by atoms with E-state index in [2.05, 4.69) is 10.2 Å². The van der Waals surface area contributed by atoms with Crippen molar-refractivity contribution in [1.29, 1.82) is 0 Å². The second-order valence-electron chi connectivity index (χ2n) is 8.56. The zero-order valence-corrected chi connectivity index (χ0v) is 17.6. The molecule has 3 fully saturated rings. The van der Waals surface area contributed by atoms with Gasteiger partial charge in [-0.15, -0.1) is 12.4 Å². The number of hydrogen-bond acceptors (Lipinski definition) is 3. The third-order valence-electron chi connectivity index (χ3n) is 6.72. The lowest BCUT2D eigenvalue weighted by Crippen LogP contribution is -2.47. The third-order valence-corrected chi connectivity index (χ3v) is 6.72. The van der Waals surface area contributed by atoms with E-state index in [-0.39, 0.29) is 42.4 Å². The van der Waals surface area contributed by atoms with E-state index in [1.807, 2.05) is 4.90 Å². The van der Waals surface area contributed by atoms with E-state index in [0.717, 1.165) is 57.4 Å². The van der Waals surface area contributed by atoms with Crippen LogP contribution in [0.4, 0.5) is 4.39 Å². The number of nitrogens with one attached hydrogen (secondary N) is 1. The van der Waals surface area contributed by atoms with Crippen LogP contribution in [0.25, 0.3) is 0 Å². The molecular weight excluding hydrogens is 393 g/mol. The van der Waals surface area contributed by atoms with Gasteiger partial charge in [-0.3, -0.25) is 9.59 Å². The first-order valence-electron chi connectivity index (χ1n) is 10.6. The largest absolute Gasteiger partial charge is 0.342 e. The predicted octanol–water partition coefficient (Wildman–Crippen LogP) is 2.49. The maximum atomic E-state index is 13.1. The van der Waals surface area contributed by atoms with E-state index in [1.165, 1.54) is 12.1 Å². The maximum Gasteiger partial charge on any atom is 0.227 e. The Balaban J connectivity index is 0.00000240. The van der Waals surface area contributed by atoms with Crippen molar-refractivity contribution >= 4 is 24.2 Å². The second-order valence-corrected chi connectivity index (χ2v) is 8.56. The van der Waals surface area contributed by atoms with Crippen molar-refractivity contribution in [3.8, 4) is 0 Å². The Morgan fingerprint density at radius 2 is 1.62 bits per heavy atom. The molecule has 29 heavy (non-hydrogen) atoms. The van der Waals surface area contributed by atoms with Crippen molar-refractivity contribution in [3.05, 3.63) is 35.6 Å². The fraction of sp³-hybridized carbons (Fsp3) is 0.636. The highest BCUT2D eigenvalue weighted by Crippen LogP contribution is 2.29. The summed E-state index contributed by atoms with van der Waals surface area (Å²) in [5, 5.41) is 3.47. The topological polar surface area (TPSA) is 52.7 Å². The lowest BCUT2D eigenvalue weighted by atomic mass is 9.92. The number of rotatable bonds is 3. The van der Waals surface area contributed by atoms with Crippen LogP contribution in [0.2, 0.25) is 0 Å². The Labute approximate surface area is 178 Å². The van der Waals surface area contributed by atoms with E-state index in [0.29, 0.717) is 24.9 Å². The van der Waals surface area contributed by atoms with Gasteiger partial charge in [-0.25, -0.2) is 4.39 Å². The van der Waals surface area contributed by atoms with Crippen molar-refractivity contribution < 1.29 is 14.0 Å². The van der Waals surface area contributed by atoms with E-state index < -0.39 is 0 Å². The summed E-state index contributed by atoms with van der Waals surface area (Å²) in [5.74, 6) is 1.29. The number of carbonyl (C=O) groups excluding carboxylic acids is 2. The monoisotopic (exact) mass is 423 g/mol. The molecule has 0 aromatic heterocycles. The number of hydrogen-bond donors (Lipinski definition) is 1. The van der Waals surface area contributed by atoms with Gasteiger partial charge in [0.05, 0.1) is 12.3 Å². The molecule has 7 heteroatoms. The Bertz CT molecular complexity index is 701. The van der Waals surface area contributed by atoms with Gasteiger partial charge in [0, 0.05) is 26.2 Å². The molecule has 0 bridgehead atoms. The second kappa shape index (κ2) is 9.90. The molecule has 1 unspecified atom stereocenters. The molecule has 1 aromatic rings. The summed E-state index contributed by atoms with van der Waals surface area (Å²) in [4.78, 5) is 29.7. The van der Waals surface area contributed by atoms with E-state index in [1.54, 1.807) is 12.1 Å². The van der Waals surface area contributed by atoms with Gasteiger partial charge >= 0.3 is 0 Å². The van der Waals surface area contributed by atoms with Crippen LogP contribution in [0.5, 0.6) is 0 Å². The van der Waals surface area contributed by atoms with E-state index in [9.17, 15) is 14.0 Å². The molecule has 1 aromatic carbocycles. The summed E-state index contributed by atoms with van der Waals surface area (Å²) in [6.07, 6.45) is 4.17. The Kier molecular flexibility index (Phi) is 7.52. The highest BCUT2D eigenvalue weighted by molar-refractivity contribution is 5.85. The molecule has 0 spiro atoms. The molecule has 3 atom stereocenters. The standard InChI is InChI=1S/C22H30FN3O2.ClH/c23-20-5-3-16(4-6-20)12-21(27)26-9-1-2-19(15-26)22(28)25-10-7-17-13-24-14-18(17)8-11-25;/h3-6,17-19,24H,1-2,7-15H2;1H/t17-,18+,19?;. The van der Waals surface area contributed by atoms with E-state index in [4.69, 9.17) is 0 Å². The summed E-state index contributed by atoms with van der Waals surface area (Å²) in [5.41, 5.74) is 0.813. The van der Waals surface area contributed by atoms with Gasteiger partial charge in [-0.1, -0.05) is 12.1 Å². The molecule has 2 amide bonds. The average Bonchev–Trinajstić information content (AvgIpc) is 3.07. The number of amides is 2. The fourth-order valence-corrected chi connectivity index (χ4v) is 4.99. The predicted molar refractivity (Wildman–Crippen MR) is 112 cm³/mol. The quantitative estimate of drug-likeness (QED) is 0.812. The third kappa shape index (κ3) is 5.28. The fourth-order valence-electron chi connectivity index (χ4n) is 4.99. The molecule has 4 rings (SSSR count). The molecule has 160 valence electrons. The molecule has 3 aliphatic rings. The first-order chi connectivity index (χ1) is 13.6. The Hall–Kier alpha value is -1.66. The van der Waals surface area contributed by atoms with Gasteiger partial charge < -0.3 is 15.1 Å². The number of halogens is 2. The minimum Gasteiger partial charge on any atom is -0.342 e. The van der Waals surface area contributed by atoms with Gasteiger partial charge in [0.1, 0.15) is 5.82 Å². The van der Waals surface area contributed by atoms with Crippen molar-refractivity contribution in [2.24, 2.45) is 17.8 Å². The maximum absolute atomic E-state index is 13.1. The molecule has 0 aliphatic carbocycles. The zero-order valence-electron chi connectivity index (χ0n) is 16.8. The van der Waals surface area contributed by atoms with Crippen LogP contribution < -0.4 is 5.32 Å². The number of piperidine rings is 1. The first kappa shape index (κ1) is 22.0. The van der Waals surface area contributed by atoms with Crippen LogP contribution in [-0.4, -0.2) is 60.9 Å². The molecule has 0 radical (unpaired) electrons. The van der Waals surface area contributed by atoms with Gasteiger partial charge in [0.25, 0.3) is 0 Å². The van der Waals surface area contributed by atoms with Crippen molar-refractivity contribution in [2.75, 3.05) is 39.3 Å². The number of carbonyl (C=O) groups is 2. The zero-order chi connectivity index (χ0) is 19.5. The van der Waals surface area contributed by atoms with Crippen molar-refractivity contribution in [1.82, 2.24) is 15.1 Å². The minimum atomic E-state index is -0.294. The molecular formula is C22H31ClFN3O2. The highest BCUT2D eigenvalue weighted by Gasteiger charge is 2.35. The molecule has 3 aliphatic heterocycles. The van der Waals surface area contributed by atoms with Crippen LogP contribution in [0.3, 0.4) is 0 Å². The normalized spacial score (nSPS) is 27.0. The van der Waals surface area contributed by atoms with Crippen LogP contribution in [-0.2, 0) is 16.0 Å². The summed E-state index contributed by atoms with van der Waals surface area (Å²) in [7, 11) is 0. The lowest BCUT2D eigenvalue weighted by molar-refractivity contribution is -0.140. The van der Waals surface area contributed by atoms with Crippen LogP contribution in [0.1, 0.15) is 31.2 Å². The van der Waals surface area contributed by atoms with Crippen LogP contribution in [0, 0.1) is 23.6 Å². The number of benzene rings is 1. The summed E-state index contributed by atoms with van der Waals surface area (Å²) in [6.45, 7) is 5.09. The summed E-state index contributed by atoms with van der Waals surface area (Å²) < 4.78 is 13.1. The highest BCUT2D eigenvalue weighted by atomic mass is 35.5. The first-order valence-corrected chi connectivity index (χ1v) is 10.6. The lowest BCUT2D eigenvalue weighted by Gasteiger charge is -2.35. The number of fused-ring (bicyclic) bond motifs is 1. The number of nitrogens with zero attached hydrogens (tertiary/aromatic N) is 2. The smallest absolute Gasteiger partial charge is 0.227 e.